The summed E-state index contributed by atoms with van der Waals surface area (Å²) in [5, 5.41) is 11.9. The molecule has 1 fully saturated rings. The summed E-state index contributed by atoms with van der Waals surface area (Å²) in [5.74, 6) is -0.526. The number of nitrogens with two attached hydrogens (primary N) is 1. The van der Waals surface area contributed by atoms with Crippen molar-refractivity contribution in [1.29, 1.82) is 0 Å². The molecule has 0 radical (unpaired) electrons. The first-order chi connectivity index (χ1) is 8.88. The van der Waals surface area contributed by atoms with Crippen molar-refractivity contribution in [3.05, 3.63) is 0 Å². The first-order valence-corrected chi connectivity index (χ1v) is 6.81. The minimum Gasteiger partial charge on any atom is -0.409 e. The van der Waals surface area contributed by atoms with E-state index in [4.69, 9.17) is 10.9 Å². The molecule has 3 N–H and O–H groups in total. The molecule has 0 bridgehead atoms. The number of likely N-dealkylation sites (tertiary alicyclic amines) is 1. The third kappa shape index (κ3) is 3.83. The number of carbonyl (C=O) groups is 1. The Kier molecular flexibility index (Phi) is 5.60. The van der Waals surface area contributed by atoms with Crippen LogP contribution in [0.5, 0.6) is 0 Å². The highest BCUT2D eigenvalue weighted by atomic mass is 16.4. The largest absolute Gasteiger partial charge is 0.409 e. The molecule has 0 aromatic rings. The molecule has 1 aliphatic rings. The molecular formula is C13H26N4O2. The molecule has 110 valence electrons. The smallest absolute Gasteiger partial charge is 0.233 e. The molecule has 0 saturated carbocycles. The van der Waals surface area contributed by atoms with Crippen molar-refractivity contribution in [2.24, 2.45) is 22.7 Å². The zero-order chi connectivity index (χ0) is 14.6. The van der Waals surface area contributed by atoms with E-state index in [1.165, 1.54) is 0 Å². The van der Waals surface area contributed by atoms with Crippen LogP contribution in [0.25, 0.3) is 0 Å². The first-order valence-electron chi connectivity index (χ1n) is 6.81. The molecule has 19 heavy (non-hydrogen) atoms. The van der Waals surface area contributed by atoms with Crippen LogP contribution in [0.15, 0.2) is 5.16 Å². The van der Waals surface area contributed by atoms with Crippen molar-refractivity contribution in [2.45, 2.75) is 32.7 Å². The predicted octanol–water partition coefficient (Wildman–Crippen LogP) is 0.558. The zero-order valence-corrected chi connectivity index (χ0v) is 12.3. The lowest BCUT2D eigenvalue weighted by atomic mass is 9.93. The van der Waals surface area contributed by atoms with Crippen molar-refractivity contribution in [3.63, 3.8) is 0 Å². The van der Waals surface area contributed by atoms with Gasteiger partial charge >= 0.3 is 0 Å². The molecular weight excluding hydrogens is 244 g/mol. The van der Waals surface area contributed by atoms with Gasteiger partial charge in [0.25, 0.3) is 0 Å². The van der Waals surface area contributed by atoms with Gasteiger partial charge < -0.3 is 20.7 Å². The average molecular weight is 270 g/mol. The monoisotopic (exact) mass is 270 g/mol. The standard InChI is InChI=1S/C13H26N4O2/c1-9(2)11(12(14)15-19)13(18)17-7-5-6-10(17)8-16(3)4/h9-11,19H,5-8H2,1-4H3,(H2,14,15). The van der Waals surface area contributed by atoms with Crippen LogP contribution in [0, 0.1) is 11.8 Å². The Balaban J connectivity index is 2.84. The Morgan fingerprint density at radius 2 is 2.16 bits per heavy atom. The summed E-state index contributed by atoms with van der Waals surface area (Å²) in [6.07, 6.45) is 2.04. The summed E-state index contributed by atoms with van der Waals surface area (Å²) in [4.78, 5) is 16.6. The number of amides is 1. The molecule has 1 saturated heterocycles. The molecule has 1 rings (SSSR count). The van der Waals surface area contributed by atoms with Crippen LogP contribution in [-0.2, 0) is 4.79 Å². The molecule has 0 spiro atoms. The summed E-state index contributed by atoms with van der Waals surface area (Å²) < 4.78 is 0. The van der Waals surface area contributed by atoms with E-state index in [1.807, 2.05) is 32.8 Å². The van der Waals surface area contributed by atoms with Gasteiger partial charge in [0, 0.05) is 19.1 Å². The quantitative estimate of drug-likeness (QED) is 0.331. The number of hydrogen-bond donors (Lipinski definition) is 2. The van der Waals surface area contributed by atoms with Crippen molar-refractivity contribution < 1.29 is 10.0 Å². The summed E-state index contributed by atoms with van der Waals surface area (Å²) in [6, 6.07) is 0.232. The lowest BCUT2D eigenvalue weighted by molar-refractivity contribution is -0.135. The number of hydrogen-bond acceptors (Lipinski definition) is 4. The number of amidine groups is 1. The number of nitrogens with zero attached hydrogens (tertiary/aromatic N) is 3. The lowest BCUT2D eigenvalue weighted by Crippen LogP contribution is -2.48. The van der Waals surface area contributed by atoms with E-state index < -0.39 is 5.92 Å². The highest BCUT2D eigenvalue weighted by molar-refractivity contribution is 6.02. The van der Waals surface area contributed by atoms with E-state index in [9.17, 15) is 4.79 Å². The fourth-order valence-corrected chi connectivity index (χ4v) is 2.73. The fraction of sp³-hybridized carbons (Fsp3) is 0.846. The molecule has 0 aromatic heterocycles. The van der Waals surface area contributed by atoms with Crippen LogP contribution in [-0.4, -0.2) is 60.0 Å². The molecule has 0 aromatic carbocycles. The van der Waals surface area contributed by atoms with E-state index in [-0.39, 0.29) is 23.7 Å². The molecule has 1 aliphatic heterocycles. The van der Waals surface area contributed by atoms with Crippen LogP contribution in [0.4, 0.5) is 0 Å². The topological polar surface area (TPSA) is 82.2 Å². The Bertz CT molecular complexity index is 342. The van der Waals surface area contributed by atoms with Gasteiger partial charge in [-0.15, -0.1) is 0 Å². The molecule has 6 nitrogen and oxygen atoms in total. The van der Waals surface area contributed by atoms with Crippen molar-refractivity contribution in [2.75, 3.05) is 27.2 Å². The SMILES string of the molecule is CC(C)C(C(=O)N1CCCC1CN(C)C)C(N)=NO. The van der Waals surface area contributed by atoms with Gasteiger partial charge in [0.15, 0.2) is 5.84 Å². The maximum atomic E-state index is 12.6. The molecule has 2 atom stereocenters. The maximum Gasteiger partial charge on any atom is 0.233 e. The fourth-order valence-electron chi connectivity index (χ4n) is 2.73. The van der Waals surface area contributed by atoms with Gasteiger partial charge in [-0.3, -0.25) is 4.79 Å². The van der Waals surface area contributed by atoms with E-state index >= 15 is 0 Å². The van der Waals surface area contributed by atoms with E-state index in [0.717, 1.165) is 25.9 Å². The van der Waals surface area contributed by atoms with Gasteiger partial charge in [0.1, 0.15) is 5.92 Å². The first kappa shape index (κ1) is 15.8. The van der Waals surface area contributed by atoms with Crippen LogP contribution < -0.4 is 5.73 Å². The second-order valence-electron chi connectivity index (χ2n) is 5.84. The third-order valence-corrected chi connectivity index (χ3v) is 3.60. The minimum absolute atomic E-state index is 0.00973. The Labute approximate surface area is 115 Å². The van der Waals surface area contributed by atoms with Gasteiger partial charge in [-0.25, -0.2) is 0 Å². The van der Waals surface area contributed by atoms with Gasteiger partial charge in [-0.2, -0.15) is 0 Å². The maximum absolute atomic E-state index is 12.6. The Hall–Kier alpha value is -1.30. The lowest BCUT2D eigenvalue weighted by Gasteiger charge is -2.31. The van der Waals surface area contributed by atoms with Gasteiger partial charge in [-0.05, 0) is 32.9 Å². The van der Waals surface area contributed by atoms with Crippen LogP contribution in [0.1, 0.15) is 26.7 Å². The highest BCUT2D eigenvalue weighted by Crippen LogP contribution is 2.23. The molecule has 6 heteroatoms. The number of carbonyl (C=O) groups excluding carboxylic acids is 1. The van der Waals surface area contributed by atoms with Crippen LogP contribution in [0.3, 0.4) is 0 Å². The third-order valence-electron chi connectivity index (χ3n) is 3.60. The van der Waals surface area contributed by atoms with E-state index in [1.54, 1.807) is 0 Å². The van der Waals surface area contributed by atoms with E-state index in [2.05, 4.69) is 10.1 Å². The predicted molar refractivity (Wildman–Crippen MR) is 75.0 cm³/mol. The molecule has 1 heterocycles. The van der Waals surface area contributed by atoms with Crippen molar-refractivity contribution in [1.82, 2.24) is 9.80 Å². The highest BCUT2D eigenvalue weighted by Gasteiger charge is 2.36. The normalized spacial score (nSPS) is 22.3. The Morgan fingerprint density at radius 1 is 1.53 bits per heavy atom. The average Bonchev–Trinajstić information content (AvgIpc) is 2.75. The molecule has 1 amide bonds. The Morgan fingerprint density at radius 3 is 2.63 bits per heavy atom. The minimum atomic E-state index is -0.534. The summed E-state index contributed by atoms with van der Waals surface area (Å²) in [5.41, 5.74) is 5.68. The zero-order valence-electron chi connectivity index (χ0n) is 12.3. The van der Waals surface area contributed by atoms with Crippen LogP contribution >= 0.6 is 0 Å². The number of oxime groups is 1. The van der Waals surface area contributed by atoms with E-state index in [0.29, 0.717) is 0 Å². The molecule has 0 aliphatic carbocycles. The van der Waals surface area contributed by atoms with Crippen molar-refractivity contribution >= 4 is 11.7 Å². The van der Waals surface area contributed by atoms with Gasteiger partial charge in [0.05, 0.1) is 0 Å². The second kappa shape index (κ2) is 6.75. The summed E-state index contributed by atoms with van der Waals surface area (Å²) >= 11 is 0. The van der Waals surface area contributed by atoms with Crippen LogP contribution in [0.2, 0.25) is 0 Å². The second-order valence-corrected chi connectivity index (χ2v) is 5.84. The summed E-state index contributed by atoms with van der Waals surface area (Å²) in [6.45, 7) is 5.45. The van der Waals surface area contributed by atoms with Gasteiger partial charge in [0.2, 0.25) is 5.91 Å². The summed E-state index contributed by atoms with van der Waals surface area (Å²) in [7, 11) is 4.01. The molecule has 2 unspecified atom stereocenters. The number of likely N-dealkylation sites (N-methyl/N-ethyl adjacent to an activating group) is 1. The van der Waals surface area contributed by atoms with Crippen molar-refractivity contribution in [3.8, 4) is 0 Å². The van der Waals surface area contributed by atoms with Gasteiger partial charge in [-0.1, -0.05) is 19.0 Å². The number of rotatable bonds is 5.